The topological polar surface area (TPSA) is 152 Å². The number of nitriles is 1. The van der Waals surface area contributed by atoms with Crippen molar-refractivity contribution in [1.29, 1.82) is 5.26 Å². The number of carbonyl (C=O) groups is 1. The van der Waals surface area contributed by atoms with Crippen LogP contribution in [0.4, 0.5) is 15.8 Å². The molecule has 46 heavy (non-hydrogen) atoms. The lowest BCUT2D eigenvalue weighted by molar-refractivity contribution is -0.139. The van der Waals surface area contributed by atoms with Gasteiger partial charge in [-0.2, -0.15) is 5.26 Å². The molecule has 3 aliphatic rings. The molecule has 2 atom stereocenters. The van der Waals surface area contributed by atoms with Crippen LogP contribution in [0.15, 0.2) is 57.4 Å². The van der Waals surface area contributed by atoms with E-state index in [9.17, 15) is 15.2 Å². The van der Waals surface area contributed by atoms with E-state index in [2.05, 4.69) is 43.0 Å². The van der Waals surface area contributed by atoms with Crippen molar-refractivity contribution in [2.75, 3.05) is 57.4 Å². The number of nitrogens with zero attached hydrogens (tertiary/aromatic N) is 7. The molecular formula is C33H41FN8O4. The molecule has 13 heteroatoms. The minimum atomic E-state index is -1.45. The van der Waals surface area contributed by atoms with Crippen LogP contribution >= 0.6 is 0 Å². The lowest BCUT2D eigenvalue weighted by Gasteiger charge is -2.43. The molecule has 3 saturated heterocycles. The van der Waals surface area contributed by atoms with Gasteiger partial charge in [-0.3, -0.25) is 9.69 Å². The maximum Gasteiger partial charge on any atom is 0.225 e. The van der Waals surface area contributed by atoms with E-state index in [1.165, 1.54) is 25.1 Å². The molecule has 3 heterocycles. The molecule has 1 amide bonds. The lowest BCUT2D eigenvalue weighted by Crippen LogP contribution is -2.56. The van der Waals surface area contributed by atoms with Gasteiger partial charge in [0.25, 0.3) is 0 Å². The normalized spacial score (nSPS) is 21.8. The molecule has 3 fully saturated rings. The number of ether oxygens (including phenoxy) is 2. The van der Waals surface area contributed by atoms with Gasteiger partial charge < -0.3 is 30.1 Å². The van der Waals surface area contributed by atoms with E-state index >= 15 is 4.39 Å². The van der Waals surface area contributed by atoms with Crippen molar-refractivity contribution >= 4 is 35.8 Å². The van der Waals surface area contributed by atoms with Crippen LogP contribution in [0.3, 0.4) is 0 Å². The van der Waals surface area contributed by atoms with Gasteiger partial charge >= 0.3 is 0 Å². The van der Waals surface area contributed by atoms with Gasteiger partial charge in [0.2, 0.25) is 5.91 Å². The summed E-state index contributed by atoms with van der Waals surface area (Å²) in [7, 11) is 0. The Bertz CT molecular complexity index is 1490. The van der Waals surface area contributed by atoms with E-state index in [4.69, 9.17) is 15.2 Å². The van der Waals surface area contributed by atoms with Gasteiger partial charge in [0.05, 0.1) is 55.4 Å². The van der Waals surface area contributed by atoms with E-state index in [0.717, 1.165) is 57.1 Å². The van der Waals surface area contributed by atoms with Crippen molar-refractivity contribution in [3.8, 4) is 11.8 Å². The average molecular weight is 633 g/mol. The van der Waals surface area contributed by atoms with Crippen LogP contribution in [-0.4, -0.2) is 116 Å². The highest BCUT2D eigenvalue weighted by Crippen LogP contribution is 2.27. The van der Waals surface area contributed by atoms with Crippen LogP contribution in [0.1, 0.15) is 37.8 Å². The minimum Gasteiger partial charge on any atom is -0.486 e. The first-order valence-electron chi connectivity index (χ1n) is 15.5. The lowest BCUT2D eigenvalue weighted by atomic mass is 10.0. The predicted octanol–water partition coefficient (Wildman–Crippen LogP) is 2.65. The number of nitrogens with two attached hydrogens (primary N) is 1. The Morgan fingerprint density at radius 2 is 1.91 bits per heavy atom. The van der Waals surface area contributed by atoms with Crippen LogP contribution in [0.2, 0.25) is 0 Å². The Morgan fingerprint density at radius 3 is 2.52 bits per heavy atom. The molecule has 3 N–H and O–H groups in total. The summed E-state index contributed by atoms with van der Waals surface area (Å²) in [6, 6.07) is 15.4. The van der Waals surface area contributed by atoms with E-state index in [-0.39, 0.29) is 49.0 Å². The summed E-state index contributed by atoms with van der Waals surface area (Å²) in [5.74, 6) is 0.147. The molecule has 2 aromatic rings. The fourth-order valence-corrected chi connectivity index (χ4v) is 5.68. The van der Waals surface area contributed by atoms with Crippen molar-refractivity contribution in [3.63, 3.8) is 0 Å². The highest BCUT2D eigenvalue weighted by molar-refractivity contribution is 6.06. The van der Waals surface area contributed by atoms with Crippen LogP contribution in [0.5, 0.6) is 5.75 Å². The van der Waals surface area contributed by atoms with Crippen LogP contribution in [0.25, 0.3) is 0 Å². The minimum absolute atomic E-state index is 0.0907. The molecule has 0 bridgehead atoms. The number of likely N-dealkylation sites (tertiary alicyclic amines) is 1. The third-order valence-corrected chi connectivity index (χ3v) is 8.30. The van der Waals surface area contributed by atoms with Gasteiger partial charge in [0, 0.05) is 50.4 Å². The fraction of sp³-hybridized carbons (Fsp3) is 0.485. The molecule has 5 rings (SSSR count). The number of piperidine rings is 1. The summed E-state index contributed by atoms with van der Waals surface area (Å²) in [6.45, 7) is 8.89. The largest absolute Gasteiger partial charge is 0.486 e. The number of rotatable bonds is 9. The van der Waals surface area contributed by atoms with Crippen molar-refractivity contribution in [1.82, 2.24) is 9.80 Å². The van der Waals surface area contributed by atoms with Gasteiger partial charge in [0.1, 0.15) is 24.3 Å². The van der Waals surface area contributed by atoms with E-state index in [1.807, 2.05) is 12.1 Å². The molecule has 244 valence electrons. The number of halogens is 1. The number of benzene rings is 2. The second kappa shape index (κ2) is 14.8. The van der Waals surface area contributed by atoms with Crippen molar-refractivity contribution in [2.24, 2.45) is 20.7 Å². The molecule has 0 spiro atoms. The zero-order chi connectivity index (χ0) is 32.7. The maximum absolute atomic E-state index is 15.0. The smallest absolute Gasteiger partial charge is 0.225 e. The molecule has 0 unspecified atom stereocenters. The highest BCUT2D eigenvalue weighted by atomic mass is 19.1. The van der Waals surface area contributed by atoms with Crippen molar-refractivity contribution in [3.05, 3.63) is 53.6 Å². The Hall–Kier alpha value is -4.38. The zero-order valence-electron chi connectivity index (χ0n) is 26.3. The summed E-state index contributed by atoms with van der Waals surface area (Å²) < 4.78 is 26.3. The first kappa shape index (κ1) is 33.0. The second-order valence-corrected chi connectivity index (χ2v) is 12.3. The Labute approximate surface area is 268 Å². The van der Waals surface area contributed by atoms with Gasteiger partial charge in [-0.1, -0.05) is 0 Å². The Balaban J connectivity index is 1.19. The number of hydrogen-bond donors (Lipinski definition) is 2. The summed E-state index contributed by atoms with van der Waals surface area (Å²) >= 11 is 0. The van der Waals surface area contributed by atoms with Crippen molar-refractivity contribution < 1.29 is 23.8 Å². The molecule has 3 aliphatic heterocycles. The zero-order valence-corrected chi connectivity index (χ0v) is 26.3. The number of carbonyl (C=O) groups excluding carboxylic acids is 1. The van der Waals surface area contributed by atoms with E-state index < -0.39 is 17.9 Å². The highest BCUT2D eigenvalue weighted by Gasteiger charge is 2.35. The quantitative estimate of drug-likeness (QED) is 0.316. The molecule has 0 saturated carbocycles. The first-order chi connectivity index (χ1) is 22.1. The number of aliphatic imine (C=N–C) groups is 3. The Morgan fingerprint density at radius 1 is 1.17 bits per heavy atom. The van der Waals surface area contributed by atoms with Crippen LogP contribution in [-0.2, 0) is 9.53 Å². The van der Waals surface area contributed by atoms with Gasteiger partial charge in [-0.25, -0.2) is 19.4 Å². The molecule has 2 aromatic carbocycles. The number of amides is 1. The predicted molar refractivity (Wildman–Crippen MR) is 175 cm³/mol. The number of piperazine rings is 1. The summed E-state index contributed by atoms with van der Waals surface area (Å²) in [5.41, 5.74) is 6.96. The van der Waals surface area contributed by atoms with Crippen molar-refractivity contribution in [2.45, 2.75) is 50.6 Å². The molecular weight excluding hydrogens is 591 g/mol. The number of amidine groups is 1. The van der Waals surface area contributed by atoms with Crippen LogP contribution < -0.4 is 15.4 Å². The number of aliphatic hydroxyl groups is 1. The van der Waals surface area contributed by atoms with Crippen LogP contribution in [0, 0.1) is 11.3 Å². The standard InChI is InChI=1S/C33H41FN8O4/c1-33(2,44)16-31(43)42-10-9-30(28(34)18-42)46-29-8-3-23(15-24(29)17-35)32(37-21-36)39-22-38-25-4-6-26(7-5-25)40-11-13-41(14-12-40)27-19-45-20-27/h3-8,15,21-22,27-28,30,44H,9-14,16,18-20H2,1-2H3,(H2,36,37,38,39)/t28-,30+/m1/s1. The number of hydrogen-bond acceptors (Lipinski definition) is 8. The first-order valence-corrected chi connectivity index (χ1v) is 15.5. The van der Waals surface area contributed by atoms with E-state index in [0.29, 0.717) is 11.6 Å². The van der Waals surface area contributed by atoms with Gasteiger partial charge in [-0.05, 0) is 56.3 Å². The molecule has 12 nitrogen and oxygen atoms in total. The average Bonchev–Trinajstić information content (AvgIpc) is 3.01. The molecule has 0 aromatic heterocycles. The summed E-state index contributed by atoms with van der Waals surface area (Å²) in [4.78, 5) is 31.6. The van der Waals surface area contributed by atoms with Gasteiger partial charge in [0.15, 0.2) is 12.0 Å². The monoisotopic (exact) mass is 632 g/mol. The van der Waals surface area contributed by atoms with Gasteiger partial charge in [-0.15, -0.1) is 0 Å². The Kier molecular flexibility index (Phi) is 10.6. The third-order valence-electron chi connectivity index (χ3n) is 8.30. The second-order valence-electron chi connectivity index (χ2n) is 12.3. The molecule has 0 radical (unpaired) electrons. The number of alkyl halides is 1. The fourth-order valence-electron chi connectivity index (χ4n) is 5.68. The SMILES string of the molecule is CC(C)(O)CC(=O)N1CC[C@H](Oc2ccc(C(N=CN)=NC=Nc3ccc(N4CCN(C5COC5)CC4)cc3)cc2C#N)[C@H](F)C1. The molecule has 0 aliphatic carbocycles. The maximum atomic E-state index is 15.0. The number of anilines is 1. The summed E-state index contributed by atoms with van der Waals surface area (Å²) in [5, 5.41) is 19.8. The third kappa shape index (κ3) is 8.45. The van der Waals surface area contributed by atoms with E-state index in [1.54, 1.807) is 18.2 Å². The summed E-state index contributed by atoms with van der Waals surface area (Å²) in [6.07, 6.45) is 0.369.